The van der Waals surface area contributed by atoms with Crippen molar-refractivity contribution in [3.63, 3.8) is 0 Å². The third-order valence-electron chi connectivity index (χ3n) is 4.61. The predicted octanol–water partition coefficient (Wildman–Crippen LogP) is 2.89. The summed E-state index contributed by atoms with van der Waals surface area (Å²) in [6.45, 7) is 6.36. The van der Waals surface area contributed by atoms with Gasteiger partial charge in [-0.1, -0.05) is 32.0 Å². The molecule has 1 unspecified atom stereocenters. The second-order valence-corrected chi connectivity index (χ2v) is 5.22. The van der Waals surface area contributed by atoms with E-state index in [0.29, 0.717) is 30.5 Å². The Balaban J connectivity index is 2.74. The summed E-state index contributed by atoms with van der Waals surface area (Å²) < 4.78 is 0. The molecule has 0 saturated heterocycles. The van der Waals surface area contributed by atoms with Gasteiger partial charge in [-0.25, -0.2) is 0 Å². The number of benzene rings is 1. The molecular formula is C16H21NO3. The highest BCUT2D eigenvalue weighted by atomic mass is 16.4. The number of hydrogen-bond acceptors (Lipinski definition) is 2. The Kier molecular flexibility index (Phi) is 3.84. The van der Waals surface area contributed by atoms with Gasteiger partial charge >= 0.3 is 5.97 Å². The lowest BCUT2D eigenvalue weighted by atomic mass is 9.70. The number of amides is 1. The number of hydrogen-bond donors (Lipinski definition) is 1. The van der Waals surface area contributed by atoms with Crippen molar-refractivity contribution in [2.45, 2.75) is 45.1 Å². The van der Waals surface area contributed by atoms with Gasteiger partial charge in [0.05, 0.1) is 5.54 Å². The van der Waals surface area contributed by atoms with Crippen molar-refractivity contribution in [3.8, 4) is 0 Å². The molecule has 1 heterocycles. The highest BCUT2D eigenvalue weighted by Crippen LogP contribution is 2.45. The molecule has 1 atom stereocenters. The molecule has 1 aliphatic rings. The number of carbonyl (C=O) groups is 2. The van der Waals surface area contributed by atoms with Crippen LogP contribution in [0.15, 0.2) is 24.3 Å². The SMILES string of the molecule is CCN1C(=O)c2ccccc2C(C(=O)O)C1(CC)CC. The van der Waals surface area contributed by atoms with Crippen molar-refractivity contribution in [2.24, 2.45) is 0 Å². The van der Waals surface area contributed by atoms with Crippen molar-refractivity contribution in [3.05, 3.63) is 35.4 Å². The number of nitrogens with zero attached hydrogens (tertiary/aromatic N) is 1. The summed E-state index contributed by atoms with van der Waals surface area (Å²) >= 11 is 0. The summed E-state index contributed by atoms with van der Waals surface area (Å²) in [5.41, 5.74) is 0.545. The maximum absolute atomic E-state index is 12.7. The van der Waals surface area contributed by atoms with Crippen LogP contribution in [0.2, 0.25) is 0 Å². The number of aliphatic carboxylic acids is 1. The molecule has 1 aromatic rings. The number of carboxylic acid groups (broad SMARTS) is 1. The Bertz CT molecular complexity index is 534. The van der Waals surface area contributed by atoms with Crippen LogP contribution < -0.4 is 0 Å². The van der Waals surface area contributed by atoms with E-state index in [2.05, 4.69) is 0 Å². The van der Waals surface area contributed by atoms with Crippen molar-refractivity contribution < 1.29 is 14.7 Å². The minimum atomic E-state index is -0.855. The van der Waals surface area contributed by atoms with Gasteiger partial charge in [0.2, 0.25) is 0 Å². The van der Waals surface area contributed by atoms with Gasteiger partial charge in [-0.3, -0.25) is 9.59 Å². The van der Waals surface area contributed by atoms with E-state index < -0.39 is 17.4 Å². The van der Waals surface area contributed by atoms with Crippen LogP contribution in [0, 0.1) is 0 Å². The Morgan fingerprint density at radius 3 is 2.35 bits per heavy atom. The highest BCUT2D eigenvalue weighted by molar-refractivity contribution is 6.00. The molecule has 0 fully saturated rings. The Labute approximate surface area is 119 Å². The maximum atomic E-state index is 12.7. The Hall–Kier alpha value is -1.84. The second kappa shape index (κ2) is 5.27. The predicted molar refractivity (Wildman–Crippen MR) is 76.8 cm³/mol. The molecule has 0 saturated carbocycles. The van der Waals surface area contributed by atoms with E-state index in [1.807, 2.05) is 20.8 Å². The summed E-state index contributed by atoms with van der Waals surface area (Å²) in [5.74, 6) is -1.57. The van der Waals surface area contributed by atoms with Crippen molar-refractivity contribution in [1.82, 2.24) is 4.90 Å². The van der Waals surface area contributed by atoms with Crippen molar-refractivity contribution in [1.29, 1.82) is 0 Å². The van der Waals surface area contributed by atoms with Gasteiger partial charge in [0.1, 0.15) is 5.92 Å². The first-order valence-electron chi connectivity index (χ1n) is 7.17. The molecular weight excluding hydrogens is 254 g/mol. The highest BCUT2D eigenvalue weighted by Gasteiger charge is 2.52. The second-order valence-electron chi connectivity index (χ2n) is 5.22. The standard InChI is InChI=1S/C16H21NO3/c1-4-16(5-2)13(15(19)20)11-9-7-8-10-12(11)14(18)17(16)6-3/h7-10,13H,4-6H2,1-3H3,(H,19,20). The molecule has 1 aromatic carbocycles. The van der Waals surface area contributed by atoms with Crippen LogP contribution in [0.1, 0.15) is 55.5 Å². The lowest BCUT2D eigenvalue weighted by Crippen LogP contribution is -2.59. The lowest BCUT2D eigenvalue weighted by Gasteiger charge is -2.50. The zero-order chi connectivity index (χ0) is 14.9. The molecule has 2 rings (SSSR count). The van der Waals surface area contributed by atoms with E-state index in [0.717, 1.165) is 0 Å². The van der Waals surface area contributed by atoms with Gasteiger partial charge in [0.15, 0.2) is 0 Å². The molecule has 1 amide bonds. The summed E-state index contributed by atoms with van der Waals surface area (Å²) in [7, 11) is 0. The number of likely N-dealkylation sites (N-methyl/N-ethyl adjacent to an activating group) is 1. The number of carboxylic acids is 1. The van der Waals surface area contributed by atoms with Gasteiger partial charge in [0, 0.05) is 12.1 Å². The largest absolute Gasteiger partial charge is 0.481 e. The topological polar surface area (TPSA) is 57.6 Å². The number of rotatable bonds is 4. The zero-order valence-electron chi connectivity index (χ0n) is 12.2. The molecule has 4 heteroatoms. The molecule has 1 aliphatic heterocycles. The van der Waals surface area contributed by atoms with Gasteiger partial charge in [-0.2, -0.15) is 0 Å². The normalized spacial score (nSPS) is 20.6. The van der Waals surface area contributed by atoms with E-state index in [4.69, 9.17) is 0 Å². The van der Waals surface area contributed by atoms with Crippen LogP contribution >= 0.6 is 0 Å². The average Bonchev–Trinajstić information content (AvgIpc) is 2.46. The smallest absolute Gasteiger partial charge is 0.313 e. The zero-order valence-corrected chi connectivity index (χ0v) is 12.2. The van der Waals surface area contributed by atoms with Crippen LogP contribution in [0.5, 0.6) is 0 Å². The van der Waals surface area contributed by atoms with Crippen LogP contribution in [0.3, 0.4) is 0 Å². The first-order chi connectivity index (χ1) is 9.53. The molecule has 0 bridgehead atoms. The summed E-state index contributed by atoms with van der Waals surface area (Å²) in [5, 5.41) is 9.74. The fourth-order valence-corrected chi connectivity index (χ4v) is 3.60. The van der Waals surface area contributed by atoms with Crippen LogP contribution in [-0.2, 0) is 4.79 Å². The summed E-state index contributed by atoms with van der Waals surface area (Å²) in [6, 6.07) is 7.10. The summed E-state index contributed by atoms with van der Waals surface area (Å²) in [4.78, 5) is 26.3. The number of carbonyl (C=O) groups excluding carboxylic acids is 1. The van der Waals surface area contributed by atoms with E-state index in [-0.39, 0.29) is 5.91 Å². The van der Waals surface area contributed by atoms with E-state index in [1.54, 1.807) is 29.2 Å². The molecule has 0 aliphatic carbocycles. The van der Waals surface area contributed by atoms with E-state index in [1.165, 1.54) is 0 Å². The van der Waals surface area contributed by atoms with Gasteiger partial charge in [0.25, 0.3) is 5.91 Å². The Morgan fingerprint density at radius 1 is 1.25 bits per heavy atom. The first kappa shape index (κ1) is 14.6. The molecule has 108 valence electrons. The molecule has 4 nitrogen and oxygen atoms in total. The van der Waals surface area contributed by atoms with Crippen LogP contribution in [0.25, 0.3) is 0 Å². The minimum Gasteiger partial charge on any atom is -0.481 e. The molecule has 0 aromatic heterocycles. The third-order valence-corrected chi connectivity index (χ3v) is 4.61. The van der Waals surface area contributed by atoms with E-state index >= 15 is 0 Å². The van der Waals surface area contributed by atoms with Crippen LogP contribution in [0.4, 0.5) is 0 Å². The first-order valence-corrected chi connectivity index (χ1v) is 7.17. The molecule has 0 spiro atoms. The summed E-state index contributed by atoms with van der Waals surface area (Å²) in [6.07, 6.45) is 1.27. The van der Waals surface area contributed by atoms with Gasteiger partial charge in [-0.05, 0) is 31.4 Å². The molecule has 1 N–H and O–H groups in total. The Morgan fingerprint density at radius 2 is 1.85 bits per heavy atom. The molecule has 20 heavy (non-hydrogen) atoms. The fourth-order valence-electron chi connectivity index (χ4n) is 3.60. The fraction of sp³-hybridized carbons (Fsp3) is 0.500. The quantitative estimate of drug-likeness (QED) is 0.919. The maximum Gasteiger partial charge on any atom is 0.313 e. The van der Waals surface area contributed by atoms with Crippen molar-refractivity contribution >= 4 is 11.9 Å². The third kappa shape index (κ3) is 1.82. The van der Waals surface area contributed by atoms with E-state index in [9.17, 15) is 14.7 Å². The van der Waals surface area contributed by atoms with Crippen LogP contribution in [-0.4, -0.2) is 34.0 Å². The van der Waals surface area contributed by atoms with Crippen molar-refractivity contribution in [2.75, 3.05) is 6.54 Å². The average molecular weight is 275 g/mol. The minimum absolute atomic E-state index is 0.0516. The number of fused-ring (bicyclic) bond motifs is 1. The lowest BCUT2D eigenvalue weighted by molar-refractivity contribution is -0.143. The van der Waals surface area contributed by atoms with Gasteiger partial charge in [-0.15, -0.1) is 0 Å². The monoisotopic (exact) mass is 275 g/mol. The molecule has 0 radical (unpaired) electrons. The van der Waals surface area contributed by atoms with Gasteiger partial charge < -0.3 is 10.0 Å².